The van der Waals surface area contributed by atoms with Crippen molar-refractivity contribution < 1.29 is 30.9 Å². The normalized spacial score (nSPS) is 12.7. The number of aromatic hydroxyl groups is 1. The van der Waals surface area contributed by atoms with Gasteiger partial charge in [-0.25, -0.2) is 0 Å². The molecule has 2 rings (SSSR count). The molecule has 1 N–H and O–H groups in total. The van der Waals surface area contributed by atoms with Gasteiger partial charge in [0.2, 0.25) is 0 Å². The summed E-state index contributed by atoms with van der Waals surface area (Å²) in [6.07, 6.45) is 0. The highest BCUT2D eigenvalue weighted by Gasteiger charge is 2.49. The van der Waals surface area contributed by atoms with Crippen molar-refractivity contribution in [2.45, 2.75) is 57.9 Å². The van der Waals surface area contributed by atoms with E-state index in [0.29, 0.717) is 11.3 Å². The van der Waals surface area contributed by atoms with E-state index in [0.717, 1.165) is 5.56 Å². The Balaban J connectivity index is 0.000000326. The summed E-state index contributed by atoms with van der Waals surface area (Å²) in [5.41, 5.74) is -4.54. The van der Waals surface area contributed by atoms with Crippen LogP contribution in [0.2, 0.25) is 0 Å². The molecule has 0 aliphatic rings. The second-order valence-electron chi connectivity index (χ2n) is 8.50. The SMILES string of the molecule is CC(C)(C)c1ccccc1O.CC(C)(C)c1ccccc1OS(=O)(=O)C(F)(F)F. The Bertz CT molecular complexity index is 922. The molecule has 0 radical (unpaired) electrons. The van der Waals surface area contributed by atoms with Crippen LogP contribution in [0.25, 0.3) is 0 Å². The molecule has 0 aliphatic heterocycles. The maximum Gasteiger partial charge on any atom is 0.534 e. The van der Waals surface area contributed by atoms with Crippen LogP contribution in [0.1, 0.15) is 52.7 Å². The molecular weight excluding hydrogens is 405 g/mol. The van der Waals surface area contributed by atoms with E-state index in [9.17, 15) is 26.7 Å². The largest absolute Gasteiger partial charge is 0.534 e. The van der Waals surface area contributed by atoms with Crippen LogP contribution >= 0.6 is 0 Å². The van der Waals surface area contributed by atoms with Crippen molar-refractivity contribution in [3.8, 4) is 11.5 Å². The molecule has 0 aliphatic carbocycles. The van der Waals surface area contributed by atoms with Crippen LogP contribution in [-0.2, 0) is 20.9 Å². The molecule has 29 heavy (non-hydrogen) atoms. The van der Waals surface area contributed by atoms with Gasteiger partial charge in [-0.3, -0.25) is 0 Å². The summed E-state index contributed by atoms with van der Waals surface area (Å²) in [4.78, 5) is 0. The minimum absolute atomic E-state index is 0.0331. The maximum absolute atomic E-state index is 12.2. The number of alkyl halides is 3. The van der Waals surface area contributed by atoms with Gasteiger partial charge in [-0.1, -0.05) is 77.9 Å². The van der Waals surface area contributed by atoms with Gasteiger partial charge in [0.15, 0.2) is 0 Å². The van der Waals surface area contributed by atoms with Crippen LogP contribution in [0.4, 0.5) is 13.2 Å². The van der Waals surface area contributed by atoms with E-state index >= 15 is 0 Å². The Labute approximate surface area is 170 Å². The Hall–Kier alpha value is -2.22. The van der Waals surface area contributed by atoms with Crippen LogP contribution in [0, 0.1) is 0 Å². The lowest BCUT2D eigenvalue weighted by Crippen LogP contribution is -2.29. The summed E-state index contributed by atoms with van der Waals surface area (Å²) in [6, 6.07) is 13.2. The fourth-order valence-corrected chi connectivity index (χ4v) is 2.91. The summed E-state index contributed by atoms with van der Waals surface area (Å²) in [5, 5.41) is 9.45. The molecule has 2 aromatic rings. The molecule has 0 fully saturated rings. The first-order valence-electron chi connectivity index (χ1n) is 8.85. The lowest BCUT2D eigenvalue weighted by molar-refractivity contribution is -0.0500. The zero-order valence-electron chi connectivity index (χ0n) is 17.3. The van der Waals surface area contributed by atoms with E-state index in [1.807, 2.05) is 18.2 Å². The summed E-state index contributed by atoms with van der Waals surface area (Å²) in [6.45, 7) is 11.5. The predicted octanol–water partition coefficient (Wildman–Crippen LogP) is 5.90. The fourth-order valence-electron chi connectivity index (χ4n) is 2.43. The third-order valence-electron chi connectivity index (χ3n) is 3.89. The van der Waals surface area contributed by atoms with Crippen molar-refractivity contribution in [2.75, 3.05) is 0 Å². The van der Waals surface area contributed by atoms with Crippen molar-refractivity contribution in [3.63, 3.8) is 0 Å². The predicted molar refractivity (Wildman–Crippen MR) is 108 cm³/mol. The van der Waals surface area contributed by atoms with Crippen molar-refractivity contribution >= 4 is 10.1 Å². The minimum Gasteiger partial charge on any atom is -0.508 e. The summed E-state index contributed by atoms with van der Waals surface area (Å²) in [7, 11) is -5.63. The second-order valence-corrected chi connectivity index (χ2v) is 10.0. The number of para-hydroxylation sites is 2. The number of phenols is 1. The highest BCUT2D eigenvalue weighted by atomic mass is 32.2. The smallest absolute Gasteiger partial charge is 0.508 e. The zero-order valence-corrected chi connectivity index (χ0v) is 18.1. The van der Waals surface area contributed by atoms with Gasteiger partial charge in [-0.15, -0.1) is 0 Å². The molecule has 162 valence electrons. The van der Waals surface area contributed by atoms with Gasteiger partial charge >= 0.3 is 15.6 Å². The lowest BCUT2D eigenvalue weighted by Gasteiger charge is -2.22. The quantitative estimate of drug-likeness (QED) is 0.474. The van der Waals surface area contributed by atoms with Gasteiger partial charge in [0, 0.05) is 5.56 Å². The number of phenolic OH excluding ortho intramolecular Hbond substituents is 1. The first-order chi connectivity index (χ1) is 13.0. The number of hydrogen-bond acceptors (Lipinski definition) is 4. The van der Waals surface area contributed by atoms with E-state index in [2.05, 4.69) is 25.0 Å². The van der Waals surface area contributed by atoms with E-state index in [1.165, 1.54) is 18.2 Å². The molecule has 0 heterocycles. The number of benzene rings is 2. The molecule has 0 aromatic heterocycles. The van der Waals surface area contributed by atoms with Gasteiger partial charge in [0.1, 0.15) is 11.5 Å². The van der Waals surface area contributed by atoms with Crippen LogP contribution in [0.3, 0.4) is 0 Å². The number of hydrogen-bond donors (Lipinski definition) is 1. The summed E-state index contributed by atoms with van der Waals surface area (Å²) >= 11 is 0. The van der Waals surface area contributed by atoms with Crippen LogP contribution in [-0.4, -0.2) is 19.0 Å². The molecule has 0 spiro atoms. The van der Waals surface area contributed by atoms with Crippen molar-refractivity contribution in [3.05, 3.63) is 59.7 Å². The summed E-state index contributed by atoms with van der Waals surface area (Å²) in [5.74, 6) is 0.0855. The van der Waals surface area contributed by atoms with E-state index < -0.39 is 21.0 Å². The van der Waals surface area contributed by atoms with E-state index in [1.54, 1.807) is 32.9 Å². The van der Waals surface area contributed by atoms with Crippen molar-refractivity contribution in [1.82, 2.24) is 0 Å². The topological polar surface area (TPSA) is 63.6 Å². The molecule has 4 nitrogen and oxygen atoms in total. The molecule has 0 saturated heterocycles. The number of rotatable bonds is 2. The maximum atomic E-state index is 12.2. The van der Waals surface area contributed by atoms with Crippen molar-refractivity contribution in [1.29, 1.82) is 0 Å². The molecule has 0 atom stereocenters. The Morgan fingerprint density at radius 1 is 0.759 bits per heavy atom. The van der Waals surface area contributed by atoms with Gasteiger partial charge in [-0.2, -0.15) is 21.6 Å². The molecule has 0 amide bonds. The average molecular weight is 433 g/mol. The van der Waals surface area contributed by atoms with Crippen LogP contribution in [0.15, 0.2) is 48.5 Å². The molecular formula is C21H27F3O4S. The first-order valence-corrected chi connectivity index (χ1v) is 10.3. The molecule has 8 heteroatoms. The van der Waals surface area contributed by atoms with Crippen LogP contribution < -0.4 is 4.18 Å². The number of halogens is 3. The van der Waals surface area contributed by atoms with Gasteiger partial charge < -0.3 is 9.29 Å². The summed E-state index contributed by atoms with van der Waals surface area (Å²) < 4.78 is 62.8. The molecule has 0 unspecified atom stereocenters. The van der Waals surface area contributed by atoms with Gasteiger partial charge in [-0.05, 0) is 28.5 Å². The van der Waals surface area contributed by atoms with Gasteiger partial charge in [0.25, 0.3) is 0 Å². The Morgan fingerprint density at radius 3 is 1.55 bits per heavy atom. The standard InChI is InChI=1S/C11H13F3O3S.C10H14O/c1-10(2,3)8-6-4-5-7-9(8)17-18(15,16)11(12,13)14;1-10(2,3)8-6-4-5-7-9(8)11/h4-7H,1-3H3;4-7,11H,1-3H3. The Kier molecular flexibility index (Phi) is 7.40. The van der Waals surface area contributed by atoms with E-state index in [4.69, 9.17) is 0 Å². The second kappa shape index (κ2) is 8.65. The first kappa shape index (κ1) is 24.8. The molecule has 0 bridgehead atoms. The molecule has 0 saturated carbocycles. The highest BCUT2D eigenvalue weighted by molar-refractivity contribution is 7.88. The van der Waals surface area contributed by atoms with Crippen molar-refractivity contribution in [2.24, 2.45) is 0 Å². The third-order valence-corrected chi connectivity index (χ3v) is 4.86. The fraction of sp³-hybridized carbons (Fsp3) is 0.429. The third kappa shape index (κ3) is 6.96. The zero-order chi connectivity index (χ0) is 22.7. The lowest BCUT2D eigenvalue weighted by atomic mass is 9.86. The van der Waals surface area contributed by atoms with E-state index in [-0.39, 0.29) is 11.2 Å². The van der Waals surface area contributed by atoms with Crippen LogP contribution in [0.5, 0.6) is 11.5 Å². The molecule has 2 aromatic carbocycles. The van der Waals surface area contributed by atoms with Gasteiger partial charge in [0.05, 0.1) is 0 Å². The Morgan fingerprint density at radius 2 is 1.17 bits per heavy atom. The highest BCUT2D eigenvalue weighted by Crippen LogP contribution is 2.34. The average Bonchev–Trinajstić information content (AvgIpc) is 2.53. The monoisotopic (exact) mass is 432 g/mol. The minimum atomic E-state index is -5.63.